The van der Waals surface area contributed by atoms with Crippen LogP contribution in [0.4, 0.5) is 0 Å². The minimum Gasteiger partial charge on any atom is -0.363 e. The number of hydrogen-bond acceptors (Lipinski definition) is 3. The molecular weight excluding hydrogens is 300 g/mol. The third kappa shape index (κ3) is 2.80. The minimum atomic E-state index is -0.636. The van der Waals surface area contributed by atoms with Crippen LogP contribution in [0.1, 0.15) is 32.9 Å². The molecule has 3 rings (SSSR count). The zero-order chi connectivity index (χ0) is 17.4. The van der Waals surface area contributed by atoms with E-state index in [-0.39, 0.29) is 5.82 Å². The molecule has 122 valence electrons. The fraction of sp³-hybridized carbons (Fsp3) is 0.211. The molecule has 0 saturated carbocycles. The highest BCUT2D eigenvalue weighted by molar-refractivity contribution is 5.89. The van der Waals surface area contributed by atoms with Gasteiger partial charge in [0.05, 0.1) is 5.69 Å². The predicted molar refractivity (Wildman–Crippen MR) is 94.3 cm³/mol. The number of aryl methyl sites for hydroxylation is 4. The number of carbonyl (C=O) groups excluding carboxylic acids is 1. The van der Waals surface area contributed by atoms with Crippen molar-refractivity contribution in [3.05, 3.63) is 64.5 Å². The van der Waals surface area contributed by atoms with Gasteiger partial charge >= 0.3 is 0 Å². The Labute approximate surface area is 141 Å². The number of aromatic nitrogens is 3. The molecule has 0 aliphatic rings. The molecular formula is C19H20N4O. The van der Waals surface area contributed by atoms with Gasteiger partial charge in [0.15, 0.2) is 5.82 Å². The SMILES string of the molecule is Cc1ccc(-c2nc(C(N)=O)nn2-c2ccc(C)c(C)c2)cc1C. The summed E-state index contributed by atoms with van der Waals surface area (Å²) in [5, 5.41) is 4.31. The molecule has 0 atom stereocenters. The molecule has 5 heteroatoms. The van der Waals surface area contributed by atoms with Gasteiger partial charge in [-0.2, -0.15) is 0 Å². The first-order valence-corrected chi connectivity index (χ1v) is 7.79. The lowest BCUT2D eigenvalue weighted by Gasteiger charge is -2.09. The van der Waals surface area contributed by atoms with E-state index in [0.717, 1.165) is 22.4 Å². The lowest BCUT2D eigenvalue weighted by molar-refractivity contribution is 0.0990. The van der Waals surface area contributed by atoms with Crippen LogP contribution in [-0.4, -0.2) is 20.7 Å². The summed E-state index contributed by atoms with van der Waals surface area (Å²) in [6.45, 7) is 8.20. The van der Waals surface area contributed by atoms with E-state index in [1.54, 1.807) is 4.68 Å². The Morgan fingerprint density at radius 2 is 1.54 bits per heavy atom. The van der Waals surface area contributed by atoms with Crippen LogP contribution >= 0.6 is 0 Å². The van der Waals surface area contributed by atoms with E-state index in [1.807, 2.05) is 50.2 Å². The standard InChI is InChI=1S/C19H20N4O/c1-11-5-7-15(9-13(11)3)19-21-18(17(20)24)22-23(19)16-8-6-12(2)14(4)10-16/h5-10H,1-4H3,(H2,20,24). The van der Waals surface area contributed by atoms with Crippen molar-refractivity contribution in [1.29, 1.82) is 0 Å². The van der Waals surface area contributed by atoms with Crippen LogP contribution in [0.25, 0.3) is 17.1 Å². The third-order valence-corrected chi connectivity index (χ3v) is 4.33. The van der Waals surface area contributed by atoms with Crippen molar-refractivity contribution in [3.8, 4) is 17.1 Å². The Balaban J connectivity index is 2.22. The molecule has 0 aliphatic heterocycles. The largest absolute Gasteiger partial charge is 0.363 e. The van der Waals surface area contributed by atoms with Gasteiger partial charge in [-0.15, -0.1) is 5.10 Å². The molecule has 0 fully saturated rings. The van der Waals surface area contributed by atoms with Gasteiger partial charge in [-0.05, 0) is 68.1 Å². The number of nitrogens with two attached hydrogens (primary N) is 1. The first-order valence-electron chi connectivity index (χ1n) is 7.79. The molecule has 2 N–H and O–H groups in total. The molecule has 24 heavy (non-hydrogen) atoms. The maximum absolute atomic E-state index is 11.6. The third-order valence-electron chi connectivity index (χ3n) is 4.33. The van der Waals surface area contributed by atoms with Crippen molar-refractivity contribution in [2.24, 2.45) is 5.73 Å². The van der Waals surface area contributed by atoms with Crippen LogP contribution in [0.15, 0.2) is 36.4 Å². The van der Waals surface area contributed by atoms with E-state index in [0.29, 0.717) is 5.82 Å². The van der Waals surface area contributed by atoms with E-state index in [2.05, 4.69) is 23.9 Å². The maximum Gasteiger partial charge on any atom is 0.288 e. The second-order valence-electron chi connectivity index (χ2n) is 6.10. The average molecular weight is 320 g/mol. The van der Waals surface area contributed by atoms with Gasteiger partial charge in [-0.1, -0.05) is 18.2 Å². The highest BCUT2D eigenvalue weighted by Gasteiger charge is 2.17. The van der Waals surface area contributed by atoms with Crippen molar-refractivity contribution in [3.63, 3.8) is 0 Å². The van der Waals surface area contributed by atoms with Crippen LogP contribution in [0.5, 0.6) is 0 Å². The first kappa shape index (κ1) is 15.9. The van der Waals surface area contributed by atoms with Gasteiger partial charge in [-0.3, -0.25) is 4.79 Å². The van der Waals surface area contributed by atoms with E-state index in [9.17, 15) is 4.79 Å². The van der Waals surface area contributed by atoms with Gasteiger partial charge in [0.25, 0.3) is 5.91 Å². The highest BCUT2D eigenvalue weighted by Crippen LogP contribution is 2.24. The summed E-state index contributed by atoms with van der Waals surface area (Å²) in [6.07, 6.45) is 0. The molecule has 2 aromatic carbocycles. The number of benzene rings is 2. The fourth-order valence-corrected chi connectivity index (χ4v) is 2.52. The van der Waals surface area contributed by atoms with Gasteiger partial charge in [-0.25, -0.2) is 9.67 Å². The topological polar surface area (TPSA) is 73.8 Å². The Hall–Kier alpha value is -2.95. The minimum absolute atomic E-state index is 0.0152. The molecule has 0 spiro atoms. The van der Waals surface area contributed by atoms with Crippen molar-refractivity contribution in [2.75, 3.05) is 0 Å². The average Bonchev–Trinajstić information content (AvgIpc) is 2.98. The van der Waals surface area contributed by atoms with Gasteiger partial charge in [0.2, 0.25) is 5.82 Å². The van der Waals surface area contributed by atoms with E-state index in [4.69, 9.17) is 5.73 Å². The molecule has 0 radical (unpaired) electrons. The summed E-state index contributed by atoms with van der Waals surface area (Å²) in [5.74, 6) is -0.0146. The zero-order valence-corrected chi connectivity index (χ0v) is 14.3. The van der Waals surface area contributed by atoms with Gasteiger partial charge in [0.1, 0.15) is 0 Å². The van der Waals surface area contributed by atoms with Gasteiger partial charge in [0, 0.05) is 5.56 Å². The highest BCUT2D eigenvalue weighted by atomic mass is 16.1. The van der Waals surface area contributed by atoms with Crippen molar-refractivity contribution < 1.29 is 4.79 Å². The number of carbonyl (C=O) groups is 1. The Morgan fingerprint density at radius 3 is 2.12 bits per heavy atom. The fourth-order valence-electron chi connectivity index (χ4n) is 2.52. The summed E-state index contributed by atoms with van der Waals surface area (Å²) in [7, 11) is 0. The molecule has 0 bridgehead atoms. The van der Waals surface area contributed by atoms with Crippen molar-refractivity contribution in [1.82, 2.24) is 14.8 Å². The summed E-state index contributed by atoms with van der Waals surface area (Å²) in [6, 6.07) is 12.1. The number of nitrogens with zero attached hydrogens (tertiary/aromatic N) is 3. The van der Waals surface area contributed by atoms with Gasteiger partial charge < -0.3 is 5.73 Å². The summed E-state index contributed by atoms with van der Waals surface area (Å²) in [4.78, 5) is 15.9. The Kier molecular flexibility index (Phi) is 3.93. The van der Waals surface area contributed by atoms with E-state index in [1.165, 1.54) is 11.1 Å². The second-order valence-corrected chi connectivity index (χ2v) is 6.10. The molecule has 0 aliphatic carbocycles. The molecule has 0 unspecified atom stereocenters. The lowest BCUT2D eigenvalue weighted by Crippen LogP contribution is -2.13. The maximum atomic E-state index is 11.6. The van der Waals surface area contributed by atoms with Crippen molar-refractivity contribution >= 4 is 5.91 Å². The normalized spacial score (nSPS) is 10.8. The number of rotatable bonds is 3. The monoisotopic (exact) mass is 320 g/mol. The predicted octanol–water partition coefficient (Wildman–Crippen LogP) is 3.27. The lowest BCUT2D eigenvalue weighted by atomic mass is 10.1. The number of primary amides is 1. The molecule has 1 amide bonds. The Morgan fingerprint density at radius 1 is 0.917 bits per heavy atom. The first-order chi connectivity index (χ1) is 11.4. The summed E-state index contributed by atoms with van der Waals surface area (Å²) in [5.41, 5.74) is 11.8. The van der Waals surface area contributed by atoms with Crippen LogP contribution in [-0.2, 0) is 0 Å². The number of hydrogen-bond donors (Lipinski definition) is 1. The second kappa shape index (κ2) is 5.92. The molecule has 3 aromatic rings. The molecule has 5 nitrogen and oxygen atoms in total. The van der Waals surface area contributed by atoms with Crippen LogP contribution in [0, 0.1) is 27.7 Å². The van der Waals surface area contributed by atoms with E-state index < -0.39 is 5.91 Å². The van der Waals surface area contributed by atoms with E-state index >= 15 is 0 Å². The van der Waals surface area contributed by atoms with Crippen molar-refractivity contribution in [2.45, 2.75) is 27.7 Å². The molecule has 1 heterocycles. The van der Waals surface area contributed by atoms with Crippen LogP contribution < -0.4 is 5.73 Å². The molecule has 0 saturated heterocycles. The zero-order valence-electron chi connectivity index (χ0n) is 14.3. The number of amides is 1. The smallest absolute Gasteiger partial charge is 0.288 e. The summed E-state index contributed by atoms with van der Waals surface area (Å²) >= 11 is 0. The summed E-state index contributed by atoms with van der Waals surface area (Å²) < 4.78 is 1.68. The quantitative estimate of drug-likeness (QED) is 0.805. The van der Waals surface area contributed by atoms with Crippen LogP contribution in [0.3, 0.4) is 0 Å². The van der Waals surface area contributed by atoms with Crippen LogP contribution in [0.2, 0.25) is 0 Å². The Bertz CT molecular complexity index is 872. The molecule has 1 aromatic heterocycles.